The summed E-state index contributed by atoms with van der Waals surface area (Å²) < 4.78 is 0. The molecule has 1 aliphatic heterocycles. The molecule has 1 fully saturated rings. The Morgan fingerprint density at radius 1 is 1.27 bits per heavy atom. The topological polar surface area (TPSA) is 15.3 Å². The number of hydrogen-bond donors (Lipinski definition) is 1. The molecular formula is C13H28N2. The molecule has 0 spiro atoms. The molecule has 1 N–H and O–H groups in total. The summed E-state index contributed by atoms with van der Waals surface area (Å²) in [6, 6.07) is 0.745. The summed E-state index contributed by atoms with van der Waals surface area (Å²) in [5.74, 6) is 0. The molecule has 0 radical (unpaired) electrons. The molecule has 1 rings (SSSR count). The van der Waals surface area contributed by atoms with Crippen molar-refractivity contribution in [3.8, 4) is 0 Å². The zero-order valence-electron chi connectivity index (χ0n) is 11.0. The van der Waals surface area contributed by atoms with Gasteiger partial charge in [0.15, 0.2) is 0 Å². The number of nitrogens with zero attached hydrogens (tertiary/aromatic N) is 1. The SMILES string of the molecule is CCC(CNC)N1CCC(CC)(CC)C1. The third-order valence-corrected chi connectivity index (χ3v) is 4.40. The van der Waals surface area contributed by atoms with E-state index in [4.69, 9.17) is 0 Å². The Balaban J connectivity index is 2.53. The van der Waals surface area contributed by atoms with Crippen molar-refractivity contribution in [3.05, 3.63) is 0 Å². The molecule has 0 saturated carbocycles. The van der Waals surface area contributed by atoms with Crippen LogP contribution in [0.15, 0.2) is 0 Å². The van der Waals surface area contributed by atoms with E-state index in [1.54, 1.807) is 0 Å². The molecular weight excluding hydrogens is 184 g/mol. The first-order valence-electron chi connectivity index (χ1n) is 6.60. The molecule has 0 aliphatic carbocycles. The third kappa shape index (κ3) is 2.94. The lowest BCUT2D eigenvalue weighted by molar-refractivity contribution is 0.188. The van der Waals surface area contributed by atoms with Crippen molar-refractivity contribution in [2.45, 2.75) is 52.5 Å². The molecule has 1 atom stereocenters. The van der Waals surface area contributed by atoms with Crippen LogP contribution in [0.25, 0.3) is 0 Å². The quantitative estimate of drug-likeness (QED) is 0.728. The molecule has 90 valence electrons. The maximum absolute atomic E-state index is 3.32. The van der Waals surface area contributed by atoms with E-state index >= 15 is 0 Å². The molecule has 1 unspecified atom stereocenters. The van der Waals surface area contributed by atoms with Gasteiger partial charge in [0, 0.05) is 19.1 Å². The summed E-state index contributed by atoms with van der Waals surface area (Å²) >= 11 is 0. The molecule has 1 aliphatic rings. The Hall–Kier alpha value is -0.0800. The highest BCUT2D eigenvalue weighted by molar-refractivity contribution is 4.90. The van der Waals surface area contributed by atoms with E-state index in [9.17, 15) is 0 Å². The van der Waals surface area contributed by atoms with Crippen LogP contribution < -0.4 is 5.32 Å². The highest BCUT2D eigenvalue weighted by atomic mass is 15.2. The maximum Gasteiger partial charge on any atom is 0.0218 e. The Morgan fingerprint density at radius 3 is 2.33 bits per heavy atom. The van der Waals surface area contributed by atoms with Crippen molar-refractivity contribution < 1.29 is 0 Å². The normalized spacial score (nSPS) is 23.2. The zero-order valence-corrected chi connectivity index (χ0v) is 11.0. The van der Waals surface area contributed by atoms with E-state index in [2.05, 4.69) is 38.0 Å². The van der Waals surface area contributed by atoms with Crippen LogP contribution >= 0.6 is 0 Å². The van der Waals surface area contributed by atoms with Gasteiger partial charge >= 0.3 is 0 Å². The van der Waals surface area contributed by atoms with Crippen molar-refractivity contribution >= 4 is 0 Å². The second-order valence-corrected chi connectivity index (χ2v) is 5.05. The second kappa shape index (κ2) is 5.86. The van der Waals surface area contributed by atoms with Crippen LogP contribution in [0.3, 0.4) is 0 Å². The summed E-state index contributed by atoms with van der Waals surface area (Å²) in [5, 5.41) is 3.32. The van der Waals surface area contributed by atoms with Crippen molar-refractivity contribution in [3.63, 3.8) is 0 Å². The van der Waals surface area contributed by atoms with E-state index in [0.29, 0.717) is 5.41 Å². The minimum Gasteiger partial charge on any atom is -0.318 e. The lowest BCUT2D eigenvalue weighted by Gasteiger charge is -2.30. The molecule has 15 heavy (non-hydrogen) atoms. The number of likely N-dealkylation sites (tertiary alicyclic amines) is 1. The van der Waals surface area contributed by atoms with Gasteiger partial charge in [-0.05, 0) is 44.7 Å². The van der Waals surface area contributed by atoms with E-state index in [0.717, 1.165) is 12.6 Å². The molecule has 0 aromatic rings. The van der Waals surface area contributed by atoms with Crippen LogP contribution in [0.4, 0.5) is 0 Å². The molecule has 1 saturated heterocycles. The molecule has 1 heterocycles. The third-order valence-electron chi connectivity index (χ3n) is 4.40. The molecule has 2 nitrogen and oxygen atoms in total. The van der Waals surface area contributed by atoms with Gasteiger partial charge in [-0.3, -0.25) is 4.90 Å². The Bertz CT molecular complexity index is 175. The van der Waals surface area contributed by atoms with E-state index in [1.165, 1.54) is 38.8 Å². The minimum atomic E-state index is 0.626. The number of rotatable bonds is 6. The Morgan fingerprint density at radius 2 is 1.93 bits per heavy atom. The van der Waals surface area contributed by atoms with Crippen molar-refractivity contribution in [2.75, 3.05) is 26.7 Å². The second-order valence-electron chi connectivity index (χ2n) is 5.05. The monoisotopic (exact) mass is 212 g/mol. The van der Waals surface area contributed by atoms with E-state index in [1.807, 2.05) is 0 Å². The van der Waals surface area contributed by atoms with Gasteiger partial charge in [-0.25, -0.2) is 0 Å². The highest BCUT2D eigenvalue weighted by Gasteiger charge is 2.36. The minimum absolute atomic E-state index is 0.626. The summed E-state index contributed by atoms with van der Waals surface area (Å²) in [6.07, 6.45) is 5.36. The predicted molar refractivity (Wildman–Crippen MR) is 67.2 cm³/mol. The first-order valence-corrected chi connectivity index (χ1v) is 6.60. The smallest absolute Gasteiger partial charge is 0.0218 e. The summed E-state index contributed by atoms with van der Waals surface area (Å²) in [5.41, 5.74) is 0.626. The maximum atomic E-state index is 3.32. The molecule has 0 amide bonds. The van der Waals surface area contributed by atoms with Gasteiger partial charge in [0.1, 0.15) is 0 Å². The number of nitrogens with one attached hydrogen (secondary N) is 1. The van der Waals surface area contributed by atoms with Gasteiger partial charge in [0.05, 0.1) is 0 Å². The van der Waals surface area contributed by atoms with E-state index < -0.39 is 0 Å². The highest BCUT2D eigenvalue weighted by Crippen LogP contribution is 2.37. The lowest BCUT2D eigenvalue weighted by atomic mass is 9.82. The first-order chi connectivity index (χ1) is 7.21. The molecule has 0 aromatic carbocycles. The van der Waals surface area contributed by atoms with E-state index in [-0.39, 0.29) is 0 Å². The van der Waals surface area contributed by atoms with Gasteiger partial charge < -0.3 is 5.32 Å². The summed E-state index contributed by atoms with van der Waals surface area (Å²) in [4.78, 5) is 2.70. The van der Waals surface area contributed by atoms with Crippen LogP contribution in [0.5, 0.6) is 0 Å². The molecule has 2 heteroatoms. The van der Waals surface area contributed by atoms with Crippen LogP contribution in [-0.2, 0) is 0 Å². The fourth-order valence-electron chi connectivity index (χ4n) is 2.88. The zero-order chi connectivity index (χ0) is 11.3. The lowest BCUT2D eigenvalue weighted by Crippen LogP contribution is -2.40. The van der Waals surface area contributed by atoms with Crippen molar-refractivity contribution in [1.29, 1.82) is 0 Å². The van der Waals surface area contributed by atoms with Gasteiger partial charge in [-0.15, -0.1) is 0 Å². The fraction of sp³-hybridized carbons (Fsp3) is 1.00. The van der Waals surface area contributed by atoms with Gasteiger partial charge in [0.25, 0.3) is 0 Å². The standard InChI is InChI=1S/C13H28N2/c1-5-12(10-14-4)15-9-8-13(6-2,7-3)11-15/h12,14H,5-11H2,1-4H3. The average molecular weight is 212 g/mol. The Kier molecular flexibility index (Phi) is 5.07. The average Bonchev–Trinajstić information content (AvgIpc) is 2.71. The van der Waals surface area contributed by atoms with Crippen LogP contribution in [0.2, 0.25) is 0 Å². The predicted octanol–water partition coefficient (Wildman–Crippen LogP) is 2.50. The molecule has 0 aromatic heterocycles. The van der Waals surface area contributed by atoms with Gasteiger partial charge in [-0.1, -0.05) is 20.8 Å². The van der Waals surface area contributed by atoms with Gasteiger partial charge in [0.2, 0.25) is 0 Å². The fourth-order valence-corrected chi connectivity index (χ4v) is 2.88. The number of likely N-dealkylation sites (N-methyl/N-ethyl adjacent to an activating group) is 1. The van der Waals surface area contributed by atoms with Crippen LogP contribution in [0, 0.1) is 5.41 Å². The van der Waals surface area contributed by atoms with Crippen molar-refractivity contribution in [2.24, 2.45) is 5.41 Å². The first kappa shape index (κ1) is 13.0. The van der Waals surface area contributed by atoms with Crippen LogP contribution in [0.1, 0.15) is 46.5 Å². The molecule has 0 bridgehead atoms. The summed E-state index contributed by atoms with van der Waals surface area (Å²) in [7, 11) is 2.06. The Labute approximate surface area is 95.4 Å². The largest absolute Gasteiger partial charge is 0.318 e. The summed E-state index contributed by atoms with van der Waals surface area (Å²) in [6.45, 7) is 10.8. The van der Waals surface area contributed by atoms with Crippen molar-refractivity contribution in [1.82, 2.24) is 10.2 Å². The van der Waals surface area contributed by atoms with Crippen LogP contribution in [-0.4, -0.2) is 37.6 Å². The van der Waals surface area contributed by atoms with Gasteiger partial charge in [-0.2, -0.15) is 0 Å². The number of hydrogen-bond acceptors (Lipinski definition) is 2.